The van der Waals surface area contributed by atoms with Gasteiger partial charge in [-0.2, -0.15) is 10.5 Å². The van der Waals surface area contributed by atoms with Crippen LogP contribution in [0.3, 0.4) is 0 Å². The van der Waals surface area contributed by atoms with Crippen LogP contribution in [0.1, 0.15) is 39.6 Å². The number of nitrogens with zero attached hydrogens (tertiary/aromatic N) is 2. The van der Waals surface area contributed by atoms with E-state index in [0.29, 0.717) is 28.7 Å². The summed E-state index contributed by atoms with van der Waals surface area (Å²) in [4.78, 5) is 12.5. The summed E-state index contributed by atoms with van der Waals surface area (Å²) in [7, 11) is -1.92. The molecule has 0 aromatic heterocycles. The van der Waals surface area contributed by atoms with Crippen molar-refractivity contribution in [2.45, 2.75) is 37.9 Å². The Labute approximate surface area is 160 Å². The van der Waals surface area contributed by atoms with Crippen LogP contribution in [0.4, 0.5) is 0 Å². The van der Waals surface area contributed by atoms with Gasteiger partial charge in [0.1, 0.15) is 0 Å². The van der Waals surface area contributed by atoms with Crippen molar-refractivity contribution in [1.82, 2.24) is 0 Å². The first kappa shape index (κ1) is 20.4. The number of hydrogen-bond acceptors (Lipinski definition) is 5. The largest absolute Gasteiger partial charge is 0.463 e. The highest BCUT2D eigenvalue weighted by Gasteiger charge is 2.33. The molecule has 0 aliphatic carbocycles. The number of esters is 1. The Morgan fingerprint density at radius 1 is 1.00 bits per heavy atom. The third-order valence-electron chi connectivity index (χ3n) is 4.33. The number of ether oxygens (including phenoxy) is 1. The third kappa shape index (κ3) is 5.52. The monoisotopic (exact) mass is 378 g/mol. The van der Waals surface area contributed by atoms with Gasteiger partial charge in [-0.05, 0) is 42.0 Å². The van der Waals surface area contributed by atoms with Gasteiger partial charge in [-0.3, -0.25) is 0 Å². The average Bonchev–Trinajstić information content (AvgIpc) is 2.66. The van der Waals surface area contributed by atoms with Crippen LogP contribution in [-0.2, 0) is 4.74 Å². The molecule has 0 unspecified atom stereocenters. The minimum Gasteiger partial charge on any atom is -0.463 e. The maximum Gasteiger partial charge on any atom is 0.338 e. The van der Waals surface area contributed by atoms with E-state index in [1.807, 2.05) is 12.1 Å². The summed E-state index contributed by atoms with van der Waals surface area (Å²) < 4.78 is 5.74. The van der Waals surface area contributed by atoms with Gasteiger partial charge in [0, 0.05) is 6.42 Å². The molecule has 0 saturated heterocycles. The fourth-order valence-corrected chi connectivity index (χ4v) is 3.97. The van der Waals surface area contributed by atoms with Crippen molar-refractivity contribution in [3.63, 3.8) is 0 Å². The smallest absolute Gasteiger partial charge is 0.338 e. The molecule has 0 heterocycles. The Balaban J connectivity index is 2.13. The number of aliphatic hydroxyl groups excluding tert-OH is 1. The molecule has 5 nitrogen and oxygen atoms in total. The topological polar surface area (TPSA) is 94.1 Å². The van der Waals surface area contributed by atoms with Gasteiger partial charge in [-0.25, -0.2) is 4.79 Å². The lowest BCUT2D eigenvalue weighted by molar-refractivity contribution is 0.0319. The molecule has 2 aromatic carbocycles. The van der Waals surface area contributed by atoms with Gasteiger partial charge in [-0.1, -0.05) is 31.8 Å². The molecular formula is C21H22N2O3Si. The number of benzene rings is 2. The highest BCUT2D eigenvalue weighted by atomic mass is 28.3. The highest BCUT2D eigenvalue weighted by molar-refractivity contribution is 6.77. The van der Waals surface area contributed by atoms with Crippen molar-refractivity contribution < 1.29 is 14.6 Å². The lowest BCUT2D eigenvalue weighted by atomic mass is 10.1. The quantitative estimate of drug-likeness (QED) is 0.606. The van der Waals surface area contributed by atoms with Crippen LogP contribution < -0.4 is 0 Å². The van der Waals surface area contributed by atoms with Crippen molar-refractivity contribution in [1.29, 1.82) is 10.5 Å². The minimum atomic E-state index is -1.92. The molecule has 0 bridgehead atoms. The van der Waals surface area contributed by atoms with E-state index < -0.39 is 20.1 Å². The van der Waals surface area contributed by atoms with Crippen LogP contribution in [-0.4, -0.2) is 24.9 Å². The van der Waals surface area contributed by atoms with Crippen molar-refractivity contribution in [2.75, 3.05) is 0 Å². The number of carbonyl (C=O) groups is 1. The number of rotatable bonds is 6. The summed E-state index contributed by atoms with van der Waals surface area (Å²) >= 11 is 0. The van der Waals surface area contributed by atoms with E-state index in [0.717, 1.165) is 0 Å². The van der Waals surface area contributed by atoms with Gasteiger partial charge in [0.05, 0.1) is 48.7 Å². The standard InChI is InChI=1S/C21H22N2O3Si/c1-27(2,3)20(12-19(24)17-8-4-15(13-22)5-9-17)26-21(25)18-10-6-16(14-23)7-11-18/h4-11,19-20,24H,12H2,1-3H3/t19-,20+/m0/s1. The fraction of sp³-hybridized carbons (Fsp3) is 0.286. The van der Waals surface area contributed by atoms with E-state index in [1.54, 1.807) is 48.5 Å². The predicted molar refractivity (Wildman–Crippen MR) is 104 cm³/mol. The Kier molecular flexibility index (Phi) is 6.52. The Bertz CT molecular complexity index is 872. The second-order valence-electron chi connectivity index (χ2n) is 7.43. The lowest BCUT2D eigenvalue weighted by Crippen LogP contribution is -2.42. The molecule has 6 heteroatoms. The summed E-state index contributed by atoms with van der Waals surface area (Å²) in [6, 6.07) is 17.1. The molecule has 0 spiro atoms. The Morgan fingerprint density at radius 3 is 1.93 bits per heavy atom. The van der Waals surface area contributed by atoms with Crippen LogP contribution in [0.25, 0.3) is 0 Å². The molecule has 2 atom stereocenters. The summed E-state index contributed by atoms with van der Waals surface area (Å²) in [5.41, 5.74) is 1.69. The average molecular weight is 379 g/mol. The second-order valence-corrected chi connectivity index (χ2v) is 12.8. The van der Waals surface area contributed by atoms with Gasteiger partial charge >= 0.3 is 5.97 Å². The van der Waals surface area contributed by atoms with Gasteiger partial charge in [0.15, 0.2) is 0 Å². The summed E-state index contributed by atoms with van der Waals surface area (Å²) in [6.45, 7) is 6.24. The molecule has 0 aliphatic heterocycles. The highest BCUT2D eigenvalue weighted by Crippen LogP contribution is 2.26. The molecular weight excluding hydrogens is 356 g/mol. The van der Waals surface area contributed by atoms with E-state index in [9.17, 15) is 9.90 Å². The van der Waals surface area contributed by atoms with Gasteiger partial charge in [-0.15, -0.1) is 0 Å². The van der Waals surface area contributed by atoms with Crippen molar-refractivity contribution >= 4 is 14.0 Å². The maximum atomic E-state index is 12.5. The summed E-state index contributed by atoms with van der Waals surface area (Å²) in [5.74, 6) is -0.459. The molecule has 2 rings (SSSR count). The van der Waals surface area contributed by atoms with Crippen LogP contribution in [0.5, 0.6) is 0 Å². The number of nitriles is 2. The zero-order chi connectivity index (χ0) is 20.0. The summed E-state index contributed by atoms with van der Waals surface area (Å²) in [6.07, 6.45) is -0.493. The van der Waals surface area contributed by atoms with E-state index in [2.05, 4.69) is 19.6 Å². The fourth-order valence-electron chi connectivity index (χ4n) is 2.58. The molecule has 138 valence electrons. The SMILES string of the molecule is C[Si](C)(C)[C@H](C[C@H](O)c1ccc(C#N)cc1)OC(=O)c1ccc(C#N)cc1. The summed E-state index contributed by atoms with van der Waals surface area (Å²) in [5, 5.41) is 28.3. The molecule has 27 heavy (non-hydrogen) atoms. The van der Waals surface area contributed by atoms with Crippen LogP contribution in [0.2, 0.25) is 19.6 Å². The zero-order valence-electron chi connectivity index (χ0n) is 15.6. The molecule has 0 radical (unpaired) electrons. The maximum absolute atomic E-state index is 12.5. The van der Waals surface area contributed by atoms with Crippen LogP contribution in [0.15, 0.2) is 48.5 Å². The molecule has 2 aromatic rings. The van der Waals surface area contributed by atoms with Crippen molar-refractivity contribution in [2.24, 2.45) is 0 Å². The van der Waals surface area contributed by atoms with E-state index in [1.165, 1.54) is 0 Å². The molecule has 0 aliphatic rings. The minimum absolute atomic E-state index is 0.295. The molecule has 0 fully saturated rings. The molecule has 0 amide bonds. The van der Waals surface area contributed by atoms with Gasteiger partial charge in [0.2, 0.25) is 0 Å². The van der Waals surface area contributed by atoms with Crippen molar-refractivity contribution in [3.8, 4) is 12.1 Å². The second kappa shape index (κ2) is 8.63. The van der Waals surface area contributed by atoms with Crippen LogP contribution >= 0.6 is 0 Å². The van der Waals surface area contributed by atoms with E-state index in [4.69, 9.17) is 15.3 Å². The number of carbonyl (C=O) groups excluding carboxylic acids is 1. The first-order valence-electron chi connectivity index (χ1n) is 8.64. The number of hydrogen-bond donors (Lipinski definition) is 1. The Morgan fingerprint density at radius 2 is 1.48 bits per heavy atom. The van der Waals surface area contributed by atoms with E-state index >= 15 is 0 Å². The molecule has 0 saturated carbocycles. The van der Waals surface area contributed by atoms with Gasteiger partial charge < -0.3 is 9.84 Å². The normalized spacial score (nSPS) is 13.1. The zero-order valence-corrected chi connectivity index (χ0v) is 16.6. The number of aliphatic hydroxyl groups is 1. The lowest BCUT2D eigenvalue weighted by Gasteiger charge is -2.30. The molecule has 1 N–H and O–H groups in total. The first-order valence-corrected chi connectivity index (χ1v) is 12.2. The van der Waals surface area contributed by atoms with Crippen LogP contribution in [0, 0.1) is 22.7 Å². The third-order valence-corrected chi connectivity index (χ3v) is 6.61. The Hall–Kier alpha value is -2.93. The van der Waals surface area contributed by atoms with E-state index in [-0.39, 0.29) is 5.73 Å². The van der Waals surface area contributed by atoms with Crippen molar-refractivity contribution in [3.05, 3.63) is 70.8 Å². The first-order chi connectivity index (χ1) is 12.7. The van der Waals surface area contributed by atoms with Gasteiger partial charge in [0.25, 0.3) is 0 Å². The predicted octanol–water partition coefficient (Wildman–Crippen LogP) is 3.96.